The van der Waals surface area contributed by atoms with Crippen LogP contribution in [0.15, 0.2) is 41.8 Å². The zero-order chi connectivity index (χ0) is 32.7. The standard InChI is InChI=1S/C33H34F3N5O4S/c1-5-22-16-41(17-26-27(45-22)7-8-28(42)37-26)15-21-12-20(11-19-9-10-46-32(19)21)24(14-29(43)44-6-2)23-13-25(33(34,35)36)31-30(18(23)3)38-39-40(31)4/h7-13,22,24H,5-6,14-17H2,1-4H3,(H,37,42)/t22-,24?/m1/s1. The zero-order valence-corrected chi connectivity index (χ0v) is 26.7. The number of carbonyl (C=O) groups excluding carboxylic acids is 1. The largest absolute Gasteiger partial charge is 0.493 e. The molecule has 2 atom stereocenters. The van der Waals surface area contributed by atoms with Crippen LogP contribution in [0.4, 0.5) is 13.2 Å². The minimum atomic E-state index is -4.67. The Bertz CT molecular complexity index is 1920. The molecule has 4 heterocycles. The van der Waals surface area contributed by atoms with Crippen LogP contribution in [0, 0.1) is 6.92 Å². The van der Waals surface area contributed by atoms with Gasteiger partial charge >= 0.3 is 12.1 Å². The lowest BCUT2D eigenvalue weighted by molar-refractivity contribution is -0.143. The molecule has 0 bridgehead atoms. The van der Waals surface area contributed by atoms with Crippen molar-refractivity contribution in [3.63, 3.8) is 0 Å². The van der Waals surface area contributed by atoms with Crippen LogP contribution in [0.2, 0.25) is 0 Å². The number of nitrogens with zero attached hydrogens (tertiary/aromatic N) is 5. The maximum absolute atomic E-state index is 14.5. The number of esters is 1. The van der Waals surface area contributed by atoms with E-state index in [0.717, 1.165) is 32.8 Å². The number of ether oxygens (including phenoxy) is 2. The third-order valence-electron chi connectivity index (χ3n) is 8.48. The Hall–Kier alpha value is -4.23. The first-order valence-electron chi connectivity index (χ1n) is 15.1. The molecule has 46 heavy (non-hydrogen) atoms. The molecule has 1 N–H and O–H groups in total. The lowest BCUT2D eigenvalue weighted by atomic mass is 9.83. The van der Waals surface area contributed by atoms with Crippen LogP contribution in [0.1, 0.15) is 66.1 Å². The molecule has 0 aliphatic carbocycles. The number of pyridine rings is 1. The number of carbonyl (C=O) groups is 1. The van der Waals surface area contributed by atoms with Gasteiger partial charge in [-0.25, -0.2) is 9.67 Å². The van der Waals surface area contributed by atoms with Crippen LogP contribution in [0.25, 0.3) is 21.1 Å². The molecular weight excluding hydrogens is 619 g/mol. The molecule has 1 aliphatic heterocycles. The lowest BCUT2D eigenvalue weighted by Crippen LogP contribution is -2.32. The van der Waals surface area contributed by atoms with Crippen molar-refractivity contribution in [1.29, 1.82) is 0 Å². The van der Waals surface area contributed by atoms with Gasteiger partial charge in [-0.15, -0.1) is 16.4 Å². The van der Waals surface area contributed by atoms with Crippen molar-refractivity contribution >= 4 is 38.4 Å². The summed E-state index contributed by atoms with van der Waals surface area (Å²) >= 11 is 1.58. The fraction of sp³-hybridized carbons (Fsp3) is 0.394. The number of thiophene rings is 1. The van der Waals surface area contributed by atoms with E-state index in [1.807, 2.05) is 30.5 Å². The summed E-state index contributed by atoms with van der Waals surface area (Å²) in [6.45, 7) is 7.14. The molecule has 1 aliphatic rings. The van der Waals surface area contributed by atoms with Crippen molar-refractivity contribution in [3.05, 3.63) is 75.3 Å². The van der Waals surface area contributed by atoms with Crippen LogP contribution < -0.4 is 4.74 Å². The summed E-state index contributed by atoms with van der Waals surface area (Å²) in [5, 5.41) is 20.9. The zero-order valence-electron chi connectivity index (χ0n) is 25.9. The van der Waals surface area contributed by atoms with Crippen LogP contribution in [0.5, 0.6) is 11.6 Å². The summed E-state index contributed by atoms with van der Waals surface area (Å²) in [5.41, 5.74) is 2.33. The molecule has 0 amide bonds. The Balaban J connectivity index is 1.48. The van der Waals surface area contributed by atoms with Crippen molar-refractivity contribution in [2.45, 2.75) is 64.9 Å². The normalized spacial score (nSPS) is 16.3. The van der Waals surface area contributed by atoms with E-state index in [4.69, 9.17) is 9.47 Å². The van der Waals surface area contributed by atoms with Gasteiger partial charge in [0.2, 0.25) is 5.88 Å². The van der Waals surface area contributed by atoms with Crippen molar-refractivity contribution in [1.82, 2.24) is 24.9 Å². The third kappa shape index (κ3) is 6.13. The van der Waals surface area contributed by atoms with Gasteiger partial charge in [-0.05, 0) is 77.6 Å². The van der Waals surface area contributed by atoms with E-state index in [0.29, 0.717) is 47.8 Å². The van der Waals surface area contributed by atoms with E-state index < -0.39 is 23.6 Å². The van der Waals surface area contributed by atoms with Gasteiger partial charge in [-0.3, -0.25) is 9.69 Å². The highest BCUT2D eigenvalue weighted by Crippen LogP contribution is 2.42. The highest BCUT2D eigenvalue weighted by molar-refractivity contribution is 7.17. The third-order valence-corrected chi connectivity index (χ3v) is 9.48. The number of fused-ring (bicyclic) bond motifs is 3. The van der Waals surface area contributed by atoms with Crippen molar-refractivity contribution in [3.8, 4) is 11.6 Å². The van der Waals surface area contributed by atoms with Crippen molar-refractivity contribution in [2.75, 3.05) is 13.2 Å². The van der Waals surface area contributed by atoms with Crippen molar-refractivity contribution < 1.29 is 32.5 Å². The second-order valence-electron chi connectivity index (χ2n) is 11.6. The minimum Gasteiger partial charge on any atom is -0.493 e. The highest BCUT2D eigenvalue weighted by atomic mass is 32.1. The molecule has 1 unspecified atom stereocenters. The van der Waals surface area contributed by atoms with Crippen LogP contribution in [-0.4, -0.2) is 55.2 Å². The second kappa shape index (κ2) is 12.5. The number of halogens is 3. The van der Waals surface area contributed by atoms with E-state index in [1.54, 1.807) is 31.3 Å². The van der Waals surface area contributed by atoms with E-state index >= 15 is 0 Å². The number of hydrogen-bond donors (Lipinski definition) is 1. The maximum Gasteiger partial charge on any atom is 0.418 e. The topological polar surface area (TPSA) is 103 Å². The molecule has 5 aromatic rings. The van der Waals surface area contributed by atoms with Crippen LogP contribution in [-0.2, 0) is 35.8 Å². The Labute approximate surface area is 267 Å². The number of rotatable bonds is 8. The quantitative estimate of drug-likeness (QED) is 0.181. The van der Waals surface area contributed by atoms with Gasteiger partial charge in [0.15, 0.2) is 0 Å². The summed E-state index contributed by atoms with van der Waals surface area (Å²) in [5.74, 6) is -0.711. The van der Waals surface area contributed by atoms with E-state index in [1.165, 1.54) is 13.1 Å². The average Bonchev–Trinajstić information content (AvgIpc) is 3.59. The predicted molar refractivity (Wildman–Crippen MR) is 168 cm³/mol. The maximum atomic E-state index is 14.5. The minimum absolute atomic E-state index is 0.0876. The predicted octanol–water partition coefficient (Wildman–Crippen LogP) is 6.87. The Morgan fingerprint density at radius 3 is 2.76 bits per heavy atom. The highest BCUT2D eigenvalue weighted by Gasteiger charge is 2.37. The molecule has 0 saturated carbocycles. The molecule has 0 radical (unpaired) electrons. The van der Waals surface area contributed by atoms with Crippen LogP contribution in [0.3, 0.4) is 0 Å². The average molecular weight is 654 g/mol. The Morgan fingerprint density at radius 1 is 1.22 bits per heavy atom. The first-order chi connectivity index (χ1) is 22.0. The summed E-state index contributed by atoms with van der Waals surface area (Å²) in [4.78, 5) is 19.5. The monoisotopic (exact) mass is 653 g/mol. The van der Waals surface area contributed by atoms with Gasteiger partial charge in [0, 0.05) is 43.4 Å². The molecule has 0 fully saturated rings. The molecule has 242 valence electrons. The molecular formula is C33H34F3N5O4S. The molecule has 0 saturated heterocycles. The van der Waals surface area contributed by atoms with Gasteiger partial charge in [0.25, 0.3) is 0 Å². The number of hydrogen-bond acceptors (Lipinski definition) is 9. The molecule has 6 rings (SSSR count). The molecule has 9 nitrogen and oxygen atoms in total. The summed E-state index contributed by atoms with van der Waals surface area (Å²) in [6.07, 6.45) is -4.16. The van der Waals surface area contributed by atoms with Crippen molar-refractivity contribution in [2.24, 2.45) is 7.05 Å². The molecule has 3 aromatic heterocycles. The van der Waals surface area contributed by atoms with Crippen LogP contribution >= 0.6 is 11.3 Å². The lowest BCUT2D eigenvalue weighted by Gasteiger charge is -2.25. The van der Waals surface area contributed by atoms with Gasteiger partial charge < -0.3 is 14.6 Å². The first kappa shape index (κ1) is 31.7. The summed E-state index contributed by atoms with van der Waals surface area (Å²) in [7, 11) is 1.43. The van der Waals surface area contributed by atoms with Gasteiger partial charge in [0.1, 0.15) is 28.6 Å². The van der Waals surface area contributed by atoms with E-state index in [9.17, 15) is 23.1 Å². The smallest absolute Gasteiger partial charge is 0.418 e. The Morgan fingerprint density at radius 2 is 2.02 bits per heavy atom. The number of aromatic nitrogens is 4. The number of benzene rings is 2. The van der Waals surface area contributed by atoms with E-state index in [2.05, 4.69) is 20.2 Å². The molecule has 13 heteroatoms. The first-order valence-corrected chi connectivity index (χ1v) is 16.0. The van der Waals surface area contributed by atoms with Gasteiger partial charge in [-0.1, -0.05) is 18.2 Å². The SMILES string of the molecule is CCOC(=O)CC(c1cc(CN2Cc3nc(O)ccc3O[C@H](CC)C2)c2sccc2c1)c1cc(C(F)(F)F)c2c(nnn2C)c1C. The van der Waals surface area contributed by atoms with Gasteiger partial charge in [0.05, 0.1) is 18.6 Å². The summed E-state index contributed by atoms with van der Waals surface area (Å²) < 4.78 is 57.1. The molecule has 0 spiro atoms. The Kier molecular flexibility index (Phi) is 8.64. The number of aryl methyl sites for hydroxylation is 2. The summed E-state index contributed by atoms with van der Waals surface area (Å²) in [6, 6.07) is 10.3. The number of alkyl halides is 3. The van der Waals surface area contributed by atoms with E-state index in [-0.39, 0.29) is 36.0 Å². The fourth-order valence-corrected chi connectivity index (χ4v) is 7.19. The second-order valence-corrected chi connectivity index (χ2v) is 12.5. The fourth-order valence-electron chi connectivity index (χ4n) is 6.31. The number of aromatic hydroxyl groups is 1. The molecule has 2 aromatic carbocycles. The van der Waals surface area contributed by atoms with Gasteiger partial charge in [-0.2, -0.15) is 13.2 Å².